The number of halogens is 3. The Labute approximate surface area is 150 Å². The Morgan fingerprint density at radius 2 is 1.96 bits per heavy atom. The Bertz CT molecular complexity index is 809. The van der Waals surface area contributed by atoms with E-state index < -0.39 is 10.8 Å². The number of nitrogens with one attached hydrogen (secondary N) is 1. The van der Waals surface area contributed by atoms with Gasteiger partial charge in [0.05, 0.1) is 10.6 Å². The lowest BCUT2D eigenvalue weighted by Gasteiger charge is -2.05. The van der Waals surface area contributed by atoms with Crippen molar-refractivity contribution in [2.45, 2.75) is 0 Å². The van der Waals surface area contributed by atoms with Crippen molar-refractivity contribution in [3.63, 3.8) is 0 Å². The van der Waals surface area contributed by atoms with Gasteiger partial charge >= 0.3 is 0 Å². The van der Waals surface area contributed by atoms with Crippen LogP contribution in [0.2, 0.25) is 10.0 Å². The highest BCUT2D eigenvalue weighted by atomic mass is 79.9. The van der Waals surface area contributed by atoms with Crippen LogP contribution in [0.1, 0.15) is 5.56 Å². The van der Waals surface area contributed by atoms with Crippen molar-refractivity contribution in [2.75, 3.05) is 5.32 Å². The molecule has 1 N–H and O–H groups in total. The molecule has 0 aromatic heterocycles. The van der Waals surface area contributed by atoms with Crippen LogP contribution < -0.4 is 5.32 Å². The molecule has 0 aliphatic rings. The molecule has 0 saturated heterocycles. The van der Waals surface area contributed by atoms with Crippen LogP contribution in [0.5, 0.6) is 0 Å². The van der Waals surface area contributed by atoms with Crippen LogP contribution in [0.4, 0.5) is 11.4 Å². The number of hydrogen-bond donors (Lipinski definition) is 1. The summed E-state index contributed by atoms with van der Waals surface area (Å²) in [7, 11) is 0. The second-order valence-corrected chi connectivity index (χ2v) is 6.11. The largest absolute Gasteiger partial charge is 0.321 e. The molecule has 0 aliphatic heterocycles. The molecule has 0 bridgehead atoms. The highest BCUT2D eigenvalue weighted by molar-refractivity contribution is 9.10. The molecule has 0 radical (unpaired) electrons. The van der Waals surface area contributed by atoms with Crippen molar-refractivity contribution in [3.8, 4) is 0 Å². The van der Waals surface area contributed by atoms with Gasteiger partial charge in [0.25, 0.3) is 5.69 Å². The summed E-state index contributed by atoms with van der Waals surface area (Å²) < 4.78 is 0.415. The van der Waals surface area contributed by atoms with Crippen molar-refractivity contribution in [1.29, 1.82) is 0 Å². The van der Waals surface area contributed by atoms with Gasteiger partial charge in [0, 0.05) is 32.7 Å². The molecular weight excluding hydrogens is 407 g/mol. The van der Waals surface area contributed by atoms with E-state index in [1.54, 1.807) is 24.3 Å². The summed E-state index contributed by atoms with van der Waals surface area (Å²) in [5, 5.41) is 14.2. The van der Waals surface area contributed by atoms with E-state index in [1.165, 1.54) is 24.3 Å². The molecule has 0 spiro atoms. The Hall–Kier alpha value is -1.89. The Morgan fingerprint density at radius 3 is 2.57 bits per heavy atom. The van der Waals surface area contributed by atoms with Gasteiger partial charge in [0.2, 0.25) is 5.91 Å². The first-order valence-corrected chi connectivity index (χ1v) is 7.80. The summed E-state index contributed by atoms with van der Waals surface area (Å²) in [6, 6.07) is 9.00. The zero-order valence-corrected chi connectivity index (χ0v) is 14.5. The van der Waals surface area contributed by atoms with Crippen LogP contribution >= 0.6 is 39.1 Å². The fraction of sp³-hybridized carbons (Fsp3) is 0. The van der Waals surface area contributed by atoms with Gasteiger partial charge < -0.3 is 5.32 Å². The molecule has 1 amide bonds. The molecule has 2 aromatic carbocycles. The van der Waals surface area contributed by atoms with Gasteiger partial charge in [-0.3, -0.25) is 14.9 Å². The van der Waals surface area contributed by atoms with Gasteiger partial charge in [0.15, 0.2) is 0 Å². The third kappa shape index (κ3) is 4.79. The molecule has 0 fully saturated rings. The van der Waals surface area contributed by atoms with E-state index in [0.717, 1.165) is 0 Å². The summed E-state index contributed by atoms with van der Waals surface area (Å²) in [5.41, 5.74) is 1.000. The smallest absolute Gasteiger partial charge is 0.270 e. The SMILES string of the molecule is O=C(C=Cc1ccc(Cl)cc1Cl)Nc1ccc([N+](=O)[O-])cc1Br. The van der Waals surface area contributed by atoms with E-state index in [1.807, 2.05) is 0 Å². The standard InChI is InChI=1S/C15H9BrCl2N2O3/c16-12-8-11(20(22)23)4-5-14(12)19-15(21)6-2-9-1-3-10(17)7-13(9)18/h1-8H,(H,19,21). The van der Waals surface area contributed by atoms with Gasteiger partial charge in [-0.25, -0.2) is 0 Å². The Morgan fingerprint density at radius 1 is 1.22 bits per heavy atom. The maximum Gasteiger partial charge on any atom is 0.270 e. The minimum absolute atomic E-state index is 0.0710. The first kappa shape index (κ1) is 17.5. The minimum Gasteiger partial charge on any atom is -0.321 e. The van der Waals surface area contributed by atoms with Crippen molar-refractivity contribution in [1.82, 2.24) is 0 Å². The van der Waals surface area contributed by atoms with Crippen LogP contribution in [0, 0.1) is 10.1 Å². The summed E-state index contributed by atoms with van der Waals surface area (Å²) in [6.45, 7) is 0. The second kappa shape index (κ2) is 7.59. The van der Waals surface area contributed by atoms with E-state index in [-0.39, 0.29) is 5.69 Å². The number of nitrogens with zero attached hydrogens (tertiary/aromatic N) is 1. The van der Waals surface area contributed by atoms with E-state index in [2.05, 4.69) is 21.2 Å². The van der Waals surface area contributed by atoms with Gasteiger partial charge in [-0.05, 0) is 45.8 Å². The normalized spacial score (nSPS) is 10.7. The maximum atomic E-state index is 11.9. The molecular formula is C15H9BrCl2N2O3. The summed E-state index contributed by atoms with van der Waals surface area (Å²) in [5.74, 6) is -0.398. The highest BCUT2D eigenvalue weighted by Crippen LogP contribution is 2.27. The van der Waals surface area contributed by atoms with Gasteiger partial charge in [-0.15, -0.1) is 0 Å². The third-order valence-electron chi connectivity index (χ3n) is 2.80. The minimum atomic E-state index is -0.515. The first-order valence-electron chi connectivity index (χ1n) is 6.25. The van der Waals surface area contributed by atoms with E-state index >= 15 is 0 Å². The van der Waals surface area contributed by atoms with Crippen LogP contribution in [0.25, 0.3) is 6.08 Å². The predicted octanol–water partition coefficient (Wildman–Crippen LogP) is 5.32. The number of benzene rings is 2. The molecule has 0 atom stereocenters. The number of non-ortho nitro benzene ring substituents is 1. The second-order valence-electron chi connectivity index (χ2n) is 4.41. The predicted molar refractivity (Wildman–Crippen MR) is 94.9 cm³/mol. The number of carbonyl (C=O) groups is 1. The fourth-order valence-electron chi connectivity index (χ4n) is 1.70. The monoisotopic (exact) mass is 414 g/mol. The van der Waals surface area contributed by atoms with Crippen LogP contribution in [0.3, 0.4) is 0 Å². The Kier molecular flexibility index (Phi) is 5.76. The number of nitro groups is 1. The lowest BCUT2D eigenvalue weighted by Crippen LogP contribution is -2.08. The maximum absolute atomic E-state index is 11.9. The molecule has 0 aliphatic carbocycles. The van der Waals surface area contributed by atoms with Crippen molar-refractivity contribution in [3.05, 3.63) is 72.7 Å². The van der Waals surface area contributed by atoms with E-state index in [9.17, 15) is 14.9 Å². The summed E-state index contributed by atoms with van der Waals surface area (Å²) >= 11 is 15.0. The lowest BCUT2D eigenvalue weighted by molar-refractivity contribution is -0.384. The molecule has 8 heteroatoms. The fourth-order valence-corrected chi connectivity index (χ4v) is 2.63. The van der Waals surface area contributed by atoms with E-state index in [4.69, 9.17) is 23.2 Å². The quantitative estimate of drug-likeness (QED) is 0.417. The topological polar surface area (TPSA) is 72.2 Å². The van der Waals surface area contributed by atoms with E-state index in [0.29, 0.717) is 25.8 Å². The number of carbonyl (C=O) groups excluding carboxylic acids is 1. The van der Waals surface area contributed by atoms with Crippen LogP contribution in [-0.2, 0) is 4.79 Å². The molecule has 0 heterocycles. The molecule has 118 valence electrons. The summed E-state index contributed by atoms with van der Waals surface area (Å²) in [4.78, 5) is 22.1. The van der Waals surface area contributed by atoms with Crippen LogP contribution in [-0.4, -0.2) is 10.8 Å². The number of rotatable bonds is 4. The molecule has 0 unspecified atom stereocenters. The highest BCUT2D eigenvalue weighted by Gasteiger charge is 2.10. The number of anilines is 1. The number of nitro benzene ring substituents is 1. The van der Waals surface area contributed by atoms with Gasteiger partial charge in [0.1, 0.15) is 0 Å². The number of amides is 1. The Balaban J connectivity index is 2.10. The molecule has 5 nitrogen and oxygen atoms in total. The zero-order chi connectivity index (χ0) is 17.0. The van der Waals surface area contributed by atoms with Gasteiger partial charge in [-0.2, -0.15) is 0 Å². The molecule has 23 heavy (non-hydrogen) atoms. The van der Waals surface area contributed by atoms with Gasteiger partial charge in [-0.1, -0.05) is 29.3 Å². The van der Waals surface area contributed by atoms with Crippen molar-refractivity contribution >= 4 is 62.5 Å². The van der Waals surface area contributed by atoms with Crippen LogP contribution in [0.15, 0.2) is 46.9 Å². The lowest BCUT2D eigenvalue weighted by atomic mass is 10.2. The average molecular weight is 416 g/mol. The molecule has 2 rings (SSSR count). The van der Waals surface area contributed by atoms with Crippen molar-refractivity contribution in [2.24, 2.45) is 0 Å². The summed E-state index contributed by atoms with van der Waals surface area (Å²) in [6.07, 6.45) is 2.86. The number of hydrogen-bond acceptors (Lipinski definition) is 3. The third-order valence-corrected chi connectivity index (χ3v) is 4.02. The average Bonchev–Trinajstić information content (AvgIpc) is 2.48. The zero-order valence-electron chi connectivity index (χ0n) is 11.4. The molecule has 2 aromatic rings. The first-order chi connectivity index (χ1) is 10.9. The molecule has 0 saturated carbocycles. The van der Waals surface area contributed by atoms with Crippen molar-refractivity contribution < 1.29 is 9.72 Å².